The molecular weight excluding hydrogens is 370 g/mol. The van der Waals surface area contributed by atoms with E-state index < -0.39 is 0 Å². The van der Waals surface area contributed by atoms with Crippen LogP contribution in [-0.4, -0.2) is 22.6 Å². The van der Waals surface area contributed by atoms with Crippen LogP contribution in [0.5, 0.6) is 5.06 Å². The van der Waals surface area contributed by atoms with Crippen LogP contribution in [0.15, 0.2) is 42.0 Å². The summed E-state index contributed by atoms with van der Waals surface area (Å²) in [6.45, 7) is 4.62. The monoisotopic (exact) mass is 393 g/mol. The fraction of sp³-hybridized carbons (Fsp3) is 0.273. The normalized spacial score (nSPS) is 13.0. The minimum atomic E-state index is -0.102. The van der Waals surface area contributed by atoms with Gasteiger partial charge in [0.05, 0.1) is 29.9 Å². The lowest BCUT2D eigenvalue weighted by Gasteiger charge is -2.14. The van der Waals surface area contributed by atoms with Crippen LogP contribution in [0.3, 0.4) is 0 Å². The molecule has 6 heteroatoms. The lowest BCUT2D eigenvalue weighted by molar-refractivity contribution is 0.0954. The van der Waals surface area contributed by atoms with Crippen molar-refractivity contribution in [2.24, 2.45) is 0 Å². The molecule has 0 fully saturated rings. The van der Waals surface area contributed by atoms with Crippen molar-refractivity contribution in [3.63, 3.8) is 0 Å². The Kier molecular flexibility index (Phi) is 5.05. The van der Waals surface area contributed by atoms with E-state index in [1.54, 1.807) is 13.2 Å². The van der Waals surface area contributed by atoms with E-state index in [0.29, 0.717) is 11.4 Å². The van der Waals surface area contributed by atoms with Crippen LogP contribution in [0.25, 0.3) is 17.5 Å². The molecule has 28 heavy (non-hydrogen) atoms. The summed E-state index contributed by atoms with van der Waals surface area (Å²) in [6, 6.07) is 12.0. The number of carbonyl (C=O) groups is 1. The van der Waals surface area contributed by atoms with E-state index in [0.717, 1.165) is 40.7 Å². The number of ether oxygens (including phenoxy) is 1. The van der Waals surface area contributed by atoms with Gasteiger partial charge >= 0.3 is 0 Å². The Labute approximate surface area is 168 Å². The molecule has 144 valence electrons. The molecule has 0 saturated heterocycles. The Bertz CT molecular complexity index is 1040. The molecule has 0 saturated carbocycles. The Balaban J connectivity index is 1.65. The number of imidazole rings is 1. The third kappa shape index (κ3) is 3.60. The molecule has 0 aliphatic carbocycles. The van der Waals surface area contributed by atoms with E-state index in [4.69, 9.17) is 9.72 Å². The van der Waals surface area contributed by atoms with Crippen molar-refractivity contribution in [3.05, 3.63) is 63.9 Å². The van der Waals surface area contributed by atoms with Crippen LogP contribution < -0.4 is 10.1 Å². The third-order valence-corrected chi connectivity index (χ3v) is 5.97. The van der Waals surface area contributed by atoms with E-state index in [9.17, 15) is 4.79 Å². The average molecular weight is 394 g/mol. The Morgan fingerprint density at radius 1 is 1.18 bits per heavy atom. The predicted molar refractivity (Wildman–Crippen MR) is 113 cm³/mol. The summed E-state index contributed by atoms with van der Waals surface area (Å²) in [5.74, 6) is 0.943. The van der Waals surface area contributed by atoms with Gasteiger partial charge in [-0.15, -0.1) is 0 Å². The van der Waals surface area contributed by atoms with Gasteiger partial charge < -0.3 is 14.6 Å². The number of thiophene rings is 1. The fourth-order valence-corrected chi connectivity index (χ4v) is 4.09. The minimum absolute atomic E-state index is 0.102. The van der Waals surface area contributed by atoms with Crippen molar-refractivity contribution in [1.29, 1.82) is 0 Å². The first-order valence-electron chi connectivity index (χ1n) is 9.31. The molecule has 0 bridgehead atoms. The van der Waals surface area contributed by atoms with Crippen molar-refractivity contribution in [1.82, 2.24) is 14.9 Å². The zero-order chi connectivity index (χ0) is 19.7. The number of benzene rings is 1. The number of aryl methyl sites for hydroxylation is 2. The first kappa shape index (κ1) is 18.5. The van der Waals surface area contributed by atoms with Gasteiger partial charge in [0.2, 0.25) is 0 Å². The highest BCUT2D eigenvalue weighted by Gasteiger charge is 2.21. The molecule has 1 aliphatic rings. The van der Waals surface area contributed by atoms with Gasteiger partial charge in [-0.25, -0.2) is 4.98 Å². The second-order valence-corrected chi connectivity index (χ2v) is 8.09. The number of rotatable bonds is 5. The lowest BCUT2D eigenvalue weighted by atomic mass is 10.1. The molecule has 4 rings (SSSR count). The van der Waals surface area contributed by atoms with Crippen LogP contribution in [0.1, 0.15) is 40.1 Å². The van der Waals surface area contributed by atoms with Gasteiger partial charge in [0.25, 0.3) is 5.91 Å². The van der Waals surface area contributed by atoms with Crippen molar-refractivity contribution < 1.29 is 9.53 Å². The molecule has 1 N–H and O–H groups in total. The van der Waals surface area contributed by atoms with Crippen LogP contribution >= 0.6 is 11.3 Å². The van der Waals surface area contributed by atoms with E-state index in [1.165, 1.54) is 22.5 Å². The first-order valence-corrected chi connectivity index (χ1v) is 10.1. The number of hydrogen-bond acceptors (Lipinski definition) is 4. The largest absolute Gasteiger partial charge is 0.487 e. The maximum atomic E-state index is 12.6. The summed E-state index contributed by atoms with van der Waals surface area (Å²) >= 11 is 1.34. The van der Waals surface area contributed by atoms with Crippen molar-refractivity contribution in [2.75, 3.05) is 7.11 Å². The fourth-order valence-electron chi connectivity index (χ4n) is 3.35. The summed E-state index contributed by atoms with van der Waals surface area (Å²) in [5, 5.41) is 3.78. The quantitative estimate of drug-likeness (QED) is 0.686. The molecule has 5 nitrogen and oxygen atoms in total. The highest BCUT2D eigenvalue weighted by molar-refractivity contribution is 7.15. The Morgan fingerprint density at radius 3 is 2.68 bits per heavy atom. The zero-order valence-electron chi connectivity index (χ0n) is 16.3. The number of allylic oxidation sites excluding steroid dienone is 1. The molecular formula is C22H23N3O2S. The molecule has 1 amide bonds. The maximum Gasteiger partial charge on any atom is 0.261 e. The predicted octanol–water partition coefficient (Wildman–Crippen LogP) is 4.67. The topological polar surface area (TPSA) is 56.1 Å². The number of hydrogen-bond donors (Lipinski definition) is 1. The van der Waals surface area contributed by atoms with Crippen LogP contribution in [0.2, 0.25) is 0 Å². The lowest BCUT2D eigenvalue weighted by Crippen LogP contribution is -2.23. The number of nitrogens with zero attached hydrogens (tertiary/aromatic N) is 2. The molecule has 3 aromatic rings. The van der Waals surface area contributed by atoms with Gasteiger partial charge in [0.1, 0.15) is 5.82 Å². The summed E-state index contributed by atoms with van der Waals surface area (Å²) < 4.78 is 7.33. The summed E-state index contributed by atoms with van der Waals surface area (Å²) in [7, 11) is 1.61. The van der Waals surface area contributed by atoms with Gasteiger partial charge in [0.15, 0.2) is 5.06 Å². The maximum absolute atomic E-state index is 12.6. The average Bonchev–Trinajstić information content (AvgIpc) is 3.31. The molecule has 1 aliphatic heterocycles. The SMILES string of the molecule is COc1ccc(C(=O)NCc2c(-c3ccc(C)cc3)nc3n2C=C(C)CC3)s1. The number of amides is 1. The molecule has 3 heterocycles. The minimum Gasteiger partial charge on any atom is -0.487 e. The second kappa shape index (κ2) is 7.64. The molecule has 0 spiro atoms. The standard InChI is InChI=1S/C22H23N3O2S/c1-14-4-7-16(8-5-14)21-17(25-13-15(2)6-10-19(25)24-21)12-23-22(26)18-9-11-20(27-3)28-18/h4-5,7-9,11,13H,6,10,12H2,1-3H3,(H,23,26). The molecule has 2 aromatic heterocycles. The van der Waals surface area contributed by atoms with E-state index in [-0.39, 0.29) is 5.91 Å². The van der Waals surface area contributed by atoms with Gasteiger partial charge in [-0.05, 0) is 32.4 Å². The smallest absolute Gasteiger partial charge is 0.261 e. The third-order valence-electron chi connectivity index (χ3n) is 4.92. The van der Waals surface area contributed by atoms with Gasteiger partial charge in [-0.2, -0.15) is 0 Å². The van der Waals surface area contributed by atoms with E-state index in [2.05, 4.69) is 54.2 Å². The molecule has 0 radical (unpaired) electrons. The van der Waals surface area contributed by atoms with Gasteiger partial charge in [-0.1, -0.05) is 46.7 Å². The number of carbonyl (C=O) groups excluding carboxylic acids is 1. The van der Waals surface area contributed by atoms with Gasteiger partial charge in [0, 0.05) is 18.2 Å². The highest BCUT2D eigenvalue weighted by Crippen LogP contribution is 2.29. The van der Waals surface area contributed by atoms with Crippen molar-refractivity contribution in [2.45, 2.75) is 33.2 Å². The van der Waals surface area contributed by atoms with E-state index >= 15 is 0 Å². The second-order valence-electron chi connectivity index (χ2n) is 7.04. The number of methoxy groups -OCH3 is 1. The number of nitrogens with one attached hydrogen (secondary N) is 1. The molecule has 0 unspecified atom stereocenters. The van der Waals surface area contributed by atoms with Gasteiger partial charge in [-0.3, -0.25) is 4.79 Å². The van der Waals surface area contributed by atoms with Crippen LogP contribution in [0.4, 0.5) is 0 Å². The summed E-state index contributed by atoms with van der Waals surface area (Å²) in [6.07, 6.45) is 4.07. The Morgan fingerprint density at radius 2 is 1.96 bits per heavy atom. The van der Waals surface area contributed by atoms with Crippen LogP contribution in [0, 0.1) is 6.92 Å². The molecule has 1 aromatic carbocycles. The van der Waals surface area contributed by atoms with E-state index in [1.807, 2.05) is 6.07 Å². The summed E-state index contributed by atoms with van der Waals surface area (Å²) in [4.78, 5) is 18.1. The van der Waals surface area contributed by atoms with Crippen molar-refractivity contribution >= 4 is 23.4 Å². The molecule has 0 atom stereocenters. The number of fused-ring (bicyclic) bond motifs is 1. The summed E-state index contributed by atoms with van der Waals surface area (Å²) in [5.41, 5.74) is 5.54. The van der Waals surface area contributed by atoms with Crippen LogP contribution in [-0.2, 0) is 13.0 Å². The highest BCUT2D eigenvalue weighted by atomic mass is 32.1. The Hall–Kier alpha value is -2.86. The number of aromatic nitrogens is 2. The first-order chi connectivity index (χ1) is 13.5. The van der Waals surface area contributed by atoms with Crippen molar-refractivity contribution in [3.8, 4) is 16.3 Å². The zero-order valence-corrected chi connectivity index (χ0v) is 17.1.